The van der Waals surface area contributed by atoms with Crippen LogP contribution in [-0.4, -0.2) is 30.8 Å². The van der Waals surface area contributed by atoms with Crippen LogP contribution in [0.5, 0.6) is 0 Å². The van der Waals surface area contributed by atoms with E-state index in [0.717, 1.165) is 6.42 Å². The van der Waals surface area contributed by atoms with Crippen molar-refractivity contribution in [3.05, 3.63) is 0 Å². The lowest BCUT2D eigenvalue weighted by molar-refractivity contribution is -0.186. The largest absolute Gasteiger partial charge is 0.470 e. The summed E-state index contributed by atoms with van der Waals surface area (Å²) in [5.41, 5.74) is -2.03. The number of hydrogen-bond acceptors (Lipinski definition) is 4. The molecule has 4 aliphatic rings. The van der Waals surface area contributed by atoms with Crippen LogP contribution in [0.1, 0.15) is 38.5 Å². The fourth-order valence-electron chi connectivity index (χ4n) is 4.81. The molecule has 4 saturated carbocycles. The molecule has 10 heteroatoms. The van der Waals surface area contributed by atoms with Gasteiger partial charge >= 0.3 is 15.6 Å². The highest BCUT2D eigenvalue weighted by Crippen LogP contribution is 2.65. The van der Waals surface area contributed by atoms with Crippen molar-refractivity contribution in [2.75, 3.05) is 0 Å². The lowest BCUT2D eigenvalue weighted by Crippen LogP contribution is -2.60. The van der Waals surface area contributed by atoms with Crippen LogP contribution in [0.3, 0.4) is 0 Å². The van der Waals surface area contributed by atoms with E-state index in [1.54, 1.807) is 0 Å². The Morgan fingerprint density at radius 2 is 1.15 bits per heavy atom. The second-order valence-electron chi connectivity index (χ2n) is 6.49. The zero-order valence-electron chi connectivity index (χ0n) is 10.7. The Bertz CT molecular complexity index is 451. The van der Waals surface area contributed by atoms with Gasteiger partial charge in [0.25, 0.3) is 0 Å². The molecule has 0 amide bonds. The highest BCUT2D eigenvalue weighted by molar-refractivity contribution is 7.46. The van der Waals surface area contributed by atoms with E-state index in [-0.39, 0.29) is 18.3 Å². The third kappa shape index (κ3) is 3.03. The molecule has 0 saturated heterocycles. The van der Waals surface area contributed by atoms with Crippen molar-refractivity contribution >= 4 is 15.6 Å². The number of rotatable bonds is 4. The second kappa shape index (κ2) is 4.37. The van der Waals surface area contributed by atoms with Crippen molar-refractivity contribution in [3.8, 4) is 0 Å². The molecule has 116 valence electrons. The third-order valence-electron chi connectivity index (χ3n) is 4.58. The zero-order valence-corrected chi connectivity index (χ0v) is 12.5. The van der Waals surface area contributed by atoms with Crippen LogP contribution in [0.15, 0.2) is 0 Å². The molecule has 0 atom stereocenters. The van der Waals surface area contributed by atoms with E-state index >= 15 is 0 Å². The summed E-state index contributed by atoms with van der Waals surface area (Å²) < 4.78 is 32.4. The standard InChI is InChI=1S/C10H18O8P2/c11-19(12,13)17-9-2-7-1-8(4-9)5-10(3-7,6-9)18-20(14,15)16/h7-8H,1-6H2,(H2,11,12,13)(H2,14,15,16). The van der Waals surface area contributed by atoms with Gasteiger partial charge in [0.1, 0.15) is 0 Å². The molecule has 0 unspecified atom stereocenters. The first-order valence-electron chi connectivity index (χ1n) is 6.51. The maximum absolute atomic E-state index is 11.2. The van der Waals surface area contributed by atoms with Crippen LogP contribution in [0.4, 0.5) is 0 Å². The van der Waals surface area contributed by atoms with Gasteiger partial charge in [-0.1, -0.05) is 0 Å². The molecule has 8 nitrogen and oxygen atoms in total. The predicted molar refractivity (Wildman–Crippen MR) is 66.4 cm³/mol. The Morgan fingerprint density at radius 3 is 1.45 bits per heavy atom. The van der Waals surface area contributed by atoms with Gasteiger partial charge in [-0.25, -0.2) is 9.13 Å². The van der Waals surface area contributed by atoms with E-state index in [2.05, 4.69) is 0 Å². The van der Waals surface area contributed by atoms with Crippen molar-refractivity contribution in [3.63, 3.8) is 0 Å². The minimum Gasteiger partial charge on any atom is -0.303 e. The third-order valence-corrected chi connectivity index (χ3v) is 5.83. The molecule has 4 bridgehead atoms. The smallest absolute Gasteiger partial charge is 0.303 e. The molecule has 4 aliphatic carbocycles. The molecule has 0 aromatic rings. The van der Waals surface area contributed by atoms with E-state index in [1.807, 2.05) is 0 Å². The summed E-state index contributed by atoms with van der Waals surface area (Å²) in [4.78, 5) is 36.4. The summed E-state index contributed by atoms with van der Waals surface area (Å²) in [5.74, 6) is 0.267. The molecular formula is C10H18O8P2. The highest BCUT2D eigenvalue weighted by atomic mass is 31.2. The normalized spacial score (nSPS) is 44.0. The SMILES string of the molecule is O=P(O)(O)OC12CC3CC(C1)CC(OP(=O)(O)O)(C3)C2. The number of hydrogen-bond donors (Lipinski definition) is 4. The molecule has 0 aromatic heterocycles. The zero-order chi connectivity index (χ0) is 14.8. The van der Waals surface area contributed by atoms with E-state index in [9.17, 15) is 9.13 Å². The first kappa shape index (κ1) is 15.1. The van der Waals surface area contributed by atoms with E-state index in [1.165, 1.54) is 0 Å². The Hall–Kier alpha value is 0.220. The maximum Gasteiger partial charge on any atom is 0.470 e. The van der Waals surface area contributed by atoms with Gasteiger partial charge < -0.3 is 19.6 Å². The van der Waals surface area contributed by atoms with Crippen LogP contribution in [0.2, 0.25) is 0 Å². The minimum atomic E-state index is -4.65. The Morgan fingerprint density at radius 1 is 0.800 bits per heavy atom. The Labute approximate surface area is 116 Å². The molecule has 4 N–H and O–H groups in total. The summed E-state index contributed by atoms with van der Waals surface area (Å²) in [6, 6.07) is 0. The summed E-state index contributed by atoms with van der Waals surface area (Å²) in [7, 11) is -9.29. The van der Waals surface area contributed by atoms with Gasteiger partial charge in [0.2, 0.25) is 0 Å². The fraction of sp³-hybridized carbons (Fsp3) is 1.00. The average molecular weight is 328 g/mol. The quantitative estimate of drug-likeness (QED) is 0.567. The van der Waals surface area contributed by atoms with Gasteiger partial charge in [-0.2, -0.15) is 0 Å². The van der Waals surface area contributed by atoms with Gasteiger partial charge in [0, 0.05) is 6.42 Å². The van der Waals surface area contributed by atoms with Crippen LogP contribution in [-0.2, 0) is 18.2 Å². The molecule has 4 fully saturated rings. The minimum absolute atomic E-state index is 0.128. The topological polar surface area (TPSA) is 134 Å². The average Bonchev–Trinajstić information content (AvgIpc) is 2.04. The van der Waals surface area contributed by atoms with Gasteiger partial charge in [0.15, 0.2) is 0 Å². The lowest BCUT2D eigenvalue weighted by atomic mass is 9.52. The van der Waals surface area contributed by atoms with Crippen LogP contribution in [0.25, 0.3) is 0 Å². The van der Waals surface area contributed by atoms with Gasteiger partial charge in [-0.3, -0.25) is 9.05 Å². The summed E-state index contributed by atoms with van der Waals surface area (Å²) in [6.07, 6.45) is 3.09. The van der Waals surface area contributed by atoms with E-state index in [0.29, 0.717) is 25.7 Å². The summed E-state index contributed by atoms with van der Waals surface area (Å²) in [6.45, 7) is 0. The van der Waals surface area contributed by atoms with E-state index in [4.69, 9.17) is 28.6 Å². The van der Waals surface area contributed by atoms with Gasteiger partial charge in [-0.15, -0.1) is 0 Å². The number of phosphoric ester groups is 2. The molecule has 0 spiro atoms. The lowest BCUT2D eigenvalue weighted by Gasteiger charge is -2.60. The molecule has 4 rings (SSSR count). The molecule has 0 heterocycles. The molecular weight excluding hydrogens is 310 g/mol. The monoisotopic (exact) mass is 328 g/mol. The van der Waals surface area contributed by atoms with Gasteiger partial charge in [0.05, 0.1) is 11.2 Å². The predicted octanol–water partition coefficient (Wildman–Crippen LogP) is 1.30. The number of phosphoric acid groups is 2. The van der Waals surface area contributed by atoms with Gasteiger partial charge in [-0.05, 0) is 43.9 Å². The van der Waals surface area contributed by atoms with Crippen molar-refractivity contribution < 1.29 is 37.8 Å². The molecule has 0 aromatic carbocycles. The first-order chi connectivity index (χ1) is 8.99. The molecule has 0 radical (unpaired) electrons. The maximum atomic E-state index is 11.2. The van der Waals surface area contributed by atoms with Crippen molar-refractivity contribution in [2.45, 2.75) is 49.7 Å². The summed E-state index contributed by atoms with van der Waals surface area (Å²) >= 11 is 0. The first-order valence-corrected chi connectivity index (χ1v) is 9.57. The van der Waals surface area contributed by atoms with Crippen molar-refractivity contribution in [2.24, 2.45) is 11.8 Å². The van der Waals surface area contributed by atoms with E-state index < -0.39 is 26.8 Å². The molecule has 20 heavy (non-hydrogen) atoms. The second-order valence-corrected chi connectivity index (χ2v) is 8.82. The van der Waals surface area contributed by atoms with Crippen LogP contribution < -0.4 is 0 Å². The molecule has 0 aliphatic heterocycles. The highest BCUT2D eigenvalue weighted by Gasteiger charge is 2.62. The van der Waals surface area contributed by atoms with Crippen molar-refractivity contribution in [1.29, 1.82) is 0 Å². The summed E-state index contributed by atoms with van der Waals surface area (Å²) in [5, 5.41) is 0. The van der Waals surface area contributed by atoms with Crippen LogP contribution >= 0.6 is 15.6 Å². The fourth-order valence-corrected chi connectivity index (χ4v) is 6.25. The Kier molecular flexibility index (Phi) is 3.30. The van der Waals surface area contributed by atoms with Crippen molar-refractivity contribution in [1.82, 2.24) is 0 Å². The Balaban J connectivity index is 1.89. The van der Waals surface area contributed by atoms with Crippen LogP contribution in [0, 0.1) is 11.8 Å².